The van der Waals surface area contributed by atoms with Crippen LogP contribution in [0.3, 0.4) is 0 Å². The van der Waals surface area contributed by atoms with Gasteiger partial charge in [0, 0.05) is 48.2 Å². The number of thiocarbonyl (C=S) groups is 1. The SMILES string of the molecule is S=C1NC(c2ccccn2)C(c2cccn2-c2ccc3ccccc3c2)N1c1ccc(N2CCOCC2)cc1. The van der Waals surface area contributed by atoms with Gasteiger partial charge in [0.1, 0.15) is 6.04 Å². The van der Waals surface area contributed by atoms with Crippen molar-refractivity contribution in [3.05, 3.63) is 121 Å². The number of morpholine rings is 1. The highest BCUT2D eigenvalue weighted by atomic mass is 32.1. The highest BCUT2D eigenvalue weighted by molar-refractivity contribution is 7.80. The maximum Gasteiger partial charge on any atom is 0.174 e. The summed E-state index contributed by atoms with van der Waals surface area (Å²) in [6, 6.07) is 34.0. The number of anilines is 2. The zero-order valence-corrected chi connectivity index (χ0v) is 22.3. The molecule has 2 saturated heterocycles. The lowest BCUT2D eigenvalue weighted by Crippen LogP contribution is -2.36. The van der Waals surface area contributed by atoms with Crippen LogP contribution in [-0.4, -0.2) is 41.0 Å². The van der Waals surface area contributed by atoms with E-state index in [0.29, 0.717) is 5.11 Å². The molecule has 4 heterocycles. The van der Waals surface area contributed by atoms with Crippen LogP contribution in [0.1, 0.15) is 23.5 Å². The lowest BCUT2D eigenvalue weighted by Gasteiger charge is -2.31. The van der Waals surface area contributed by atoms with Gasteiger partial charge >= 0.3 is 0 Å². The molecular formula is C32H29N5OS. The summed E-state index contributed by atoms with van der Waals surface area (Å²) in [5.41, 5.74) is 5.49. The lowest BCUT2D eigenvalue weighted by atomic mass is 10.0. The highest BCUT2D eigenvalue weighted by Crippen LogP contribution is 2.42. The standard InChI is InChI=1S/C32H29N5OS/c39-32-34-30(28-8-3-4-16-33-28)31(37(32)26-14-12-25(13-15-26)35-18-20-38-21-19-35)29-9-5-17-36(29)27-11-10-23-6-1-2-7-24(23)22-27/h1-17,22,30-31H,18-21H2,(H,34,39). The van der Waals surface area contributed by atoms with Crippen molar-refractivity contribution in [1.82, 2.24) is 14.9 Å². The molecule has 2 unspecified atom stereocenters. The molecule has 2 aromatic heterocycles. The highest BCUT2D eigenvalue weighted by Gasteiger charge is 2.42. The first-order valence-corrected chi connectivity index (χ1v) is 13.8. The minimum Gasteiger partial charge on any atom is -0.378 e. The molecule has 2 aliphatic heterocycles. The van der Waals surface area contributed by atoms with Crippen LogP contribution in [-0.2, 0) is 4.74 Å². The van der Waals surface area contributed by atoms with E-state index in [-0.39, 0.29) is 12.1 Å². The molecule has 0 radical (unpaired) electrons. The number of hydrogen-bond donors (Lipinski definition) is 1. The third-order valence-corrected chi connectivity index (χ3v) is 8.01. The number of nitrogens with zero attached hydrogens (tertiary/aromatic N) is 4. The van der Waals surface area contributed by atoms with Crippen LogP contribution in [0.4, 0.5) is 11.4 Å². The topological polar surface area (TPSA) is 45.6 Å². The first-order valence-electron chi connectivity index (χ1n) is 13.4. The van der Waals surface area contributed by atoms with Crippen molar-refractivity contribution in [3.63, 3.8) is 0 Å². The third kappa shape index (κ3) is 4.43. The van der Waals surface area contributed by atoms with Crippen LogP contribution < -0.4 is 15.1 Å². The summed E-state index contributed by atoms with van der Waals surface area (Å²) >= 11 is 5.98. The zero-order chi connectivity index (χ0) is 26.2. The summed E-state index contributed by atoms with van der Waals surface area (Å²) in [5, 5.41) is 6.74. The molecule has 0 bridgehead atoms. The van der Waals surface area contributed by atoms with Gasteiger partial charge in [-0.05, 0) is 83.7 Å². The second kappa shape index (κ2) is 10.2. The number of ether oxygens (including phenoxy) is 1. The normalized spacial score (nSPS) is 19.4. The first-order chi connectivity index (χ1) is 19.3. The Kier molecular flexibility index (Phi) is 6.23. The second-order valence-electron chi connectivity index (χ2n) is 9.95. The number of fused-ring (bicyclic) bond motifs is 1. The van der Waals surface area contributed by atoms with Crippen LogP contribution in [0.15, 0.2) is 109 Å². The van der Waals surface area contributed by atoms with Gasteiger partial charge in [-0.3, -0.25) is 4.98 Å². The zero-order valence-electron chi connectivity index (χ0n) is 21.5. The predicted octanol–water partition coefficient (Wildman–Crippen LogP) is 6.04. The quantitative estimate of drug-likeness (QED) is 0.279. The molecule has 6 nitrogen and oxygen atoms in total. The fourth-order valence-corrected chi connectivity index (χ4v) is 6.12. The Labute approximate surface area is 233 Å². The second-order valence-corrected chi connectivity index (χ2v) is 10.3. The van der Waals surface area contributed by atoms with Gasteiger partial charge in [-0.1, -0.05) is 36.4 Å². The van der Waals surface area contributed by atoms with E-state index < -0.39 is 0 Å². The average Bonchev–Trinajstić information content (AvgIpc) is 3.62. The summed E-state index contributed by atoms with van der Waals surface area (Å²) < 4.78 is 7.81. The van der Waals surface area contributed by atoms with Gasteiger partial charge in [-0.2, -0.15) is 0 Å². The van der Waals surface area contributed by atoms with Gasteiger partial charge in [0.05, 0.1) is 24.9 Å². The van der Waals surface area contributed by atoms with Gasteiger partial charge in [0.25, 0.3) is 0 Å². The monoisotopic (exact) mass is 531 g/mol. The molecule has 0 aliphatic carbocycles. The van der Waals surface area contributed by atoms with E-state index in [1.54, 1.807) is 0 Å². The molecule has 39 heavy (non-hydrogen) atoms. The molecule has 7 rings (SSSR count). The van der Waals surface area contributed by atoms with Crippen LogP contribution in [0.25, 0.3) is 16.5 Å². The number of hydrogen-bond acceptors (Lipinski definition) is 4. The van der Waals surface area contributed by atoms with E-state index in [1.807, 2.05) is 18.3 Å². The Balaban J connectivity index is 1.31. The lowest BCUT2D eigenvalue weighted by molar-refractivity contribution is 0.122. The summed E-state index contributed by atoms with van der Waals surface area (Å²) in [4.78, 5) is 9.33. The Morgan fingerprint density at radius 2 is 1.51 bits per heavy atom. The van der Waals surface area contributed by atoms with Crippen LogP contribution in [0.2, 0.25) is 0 Å². The smallest absolute Gasteiger partial charge is 0.174 e. The molecule has 2 aliphatic rings. The maximum absolute atomic E-state index is 5.98. The van der Waals surface area contributed by atoms with Gasteiger partial charge < -0.3 is 24.4 Å². The molecule has 0 spiro atoms. The minimum atomic E-state index is -0.105. The molecule has 0 amide bonds. The molecule has 0 saturated carbocycles. The van der Waals surface area contributed by atoms with E-state index >= 15 is 0 Å². The minimum absolute atomic E-state index is 0.0943. The molecule has 2 fully saturated rings. The largest absolute Gasteiger partial charge is 0.378 e. The van der Waals surface area contributed by atoms with Crippen molar-refractivity contribution >= 4 is 39.5 Å². The van der Waals surface area contributed by atoms with Crippen molar-refractivity contribution in [2.45, 2.75) is 12.1 Å². The summed E-state index contributed by atoms with van der Waals surface area (Å²) in [7, 11) is 0. The van der Waals surface area contributed by atoms with E-state index in [0.717, 1.165) is 49.1 Å². The van der Waals surface area contributed by atoms with Crippen molar-refractivity contribution in [3.8, 4) is 5.69 Å². The molecule has 3 aromatic carbocycles. The maximum atomic E-state index is 5.98. The predicted molar refractivity (Wildman–Crippen MR) is 161 cm³/mol. The molecule has 194 valence electrons. The fourth-order valence-electron chi connectivity index (χ4n) is 5.78. The van der Waals surface area contributed by atoms with Gasteiger partial charge in [-0.15, -0.1) is 0 Å². The van der Waals surface area contributed by atoms with E-state index in [2.05, 4.69) is 111 Å². The average molecular weight is 532 g/mol. The number of nitrogens with one attached hydrogen (secondary N) is 1. The number of rotatable bonds is 5. The van der Waals surface area contributed by atoms with Crippen LogP contribution >= 0.6 is 12.2 Å². The number of benzene rings is 3. The van der Waals surface area contributed by atoms with Gasteiger partial charge in [-0.25, -0.2) is 0 Å². The van der Waals surface area contributed by atoms with Crippen molar-refractivity contribution in [2.24, 2.45) is 0 Å². The van der Waals surface area contributed by atoms with Gasteiger partial charge in [0.15, 0.2) is 5.11 Å². The van der Waals surface area contributed by atoms with Crippen LogP contribution in [0.5, 0.6) is 0 Å². The van der Waals surface area contributed by atoms with E-state index in [4.69, 9.17) is 21.9 Å². The Bertz CT molecular complexity index is 1610. The molecular weight excluding hydrogens is 502 g/mol. The molecule has 1 N–H and O–H groups in total. The van der Waals surface area contributed by atoms with Gasteiger partial charge in [0.2, 0.25) is 0 Å². The third-order valence-electron chi connectivity index (χ3n) is 7.70. The van der Waals surface area contributed by atoms with Crippen molar-refractivity contribution in [2.75, 3.05) is 36.1 Å². The molecule has 2 atom stereocenters. The van der Waals surface area contributed by atoms with Crippen molar-refractivity contribution in [1.29, 1.82) is 0 Å². The Morgan fingerprint density at radius 1 is 0.769 bits per heavy atom. The Hall–Kier alpha value is -4.20. The summed E-state index contributed by atoms with van der Waals surface area (Å²) in [6.07, 6.45) is 3.98. The number of aromatic nitrogens is 2. The van der Waals surface area contributed by atoms with Crippen LogP contribution in [0, 0.1) is 0 Å². The summed E-state index contributed by atoms with van der Waals surface area (Å²) in [6.45, 7) is 3.35. The van der Waals surface area contributed by atoms with E-state index in [1.165, 1.54) is 16.5 Å². The molecule has 7 heteroatoms. The summed E-state index contributed by atoms with van der Waals surface area (Å²) in [5.74, 6) is 0. The van der Waals surface area contributed by atoms with E-state index in [9.17, 15) is 0 Å². The molecule has 5 aromatic rings. The Morgan fingerprint density at radius 3 is 2.31 bits per heavy atom. The first kappa shape index (κ1) is 23.9. The fraction of sp³-hybridized carbons (Fsp3) is 0.188. The number of pyridine rings is 1. The van der Waals surface area contributed by atoms with Crippen molar-refractivity contribution < 1.29 is 4.74 Å².